The lowest BCUT2D eigenvalue weighted by Gasteiger charge is -2.14. The number of nitrogens with two attached hydrogens (primary N) is 1. The lowest BCUT2D eigenvalue weighted by Crippen LogP contribution is -2.22. The Morgan fingerprint density at radius 2 is 1.82 bits per heavy atom. The van der Waals surface area contributed by atoms with Gasteiger partial charge in [-0.15, -0.1) is 0 Å². The average molecular weight is 276 g/mol. The number of hydrogen-bond acceptors (Lipinski definition) is 3. The Balaban J connectivity index is 3.70. The van der Waals surface area contributed by atoms with Crippen molar-refractivity contribution < 1.29 is 30.4 Å². The van der Waals surface area contributed by atoms with Gasteiger partial charge in [-0.2, -0.15) is 13.2 Å². The van der Waals surface area contributed by atoms with Crippen LogP contribution in [0.3, 0.4) is 0 Å². The van der Waals surface area contributed by atoms with Gasteiger partial charge in [0.1, 0.15) is 5.56 Å². The molecule has 1 aromatic heterocycles. The molecule has 0 atom stereocenters. The van der Waals surface area contributed by atoms with Crippen LogP contribution in [0.5, 0.6) is 0 Å². The second-order valence-corrected chi connectivity index (χ2v) is 4.40. The normalized spacial score (nSPS) is 13.1. The van der Waals surface area contributed by atoms with Crippen LogP contribution in [-0.4, -0.2) is 13.4 Å². The number of nitrogens with zero attached hydrogens (tertiary/aromatic N) is 1. The van der Waals surface area contributed by atoms with Crippen molar-refractivity contribution in [3.63, 3.8) is 0 Å². The van der Waals surface area contributed by atoms with E-state index in [1.165, 1.54) is 0 Å². The predicted molar refractivity (Wildman–Crippen MR) is 45.6 cm³/mol. The van der Waals surface area contributed by atoms with Crippen molar-refractivity contribution >= 4 is 10.0 Å². The molecular formula is C7H5F5N2O2S. The maximum Gasteiger partial charge on any atom is 0.419 e. The minimum absolute atomic E-state index is 0.391. The molecule has 0 saturated heterocycles. The fourth-order valence-electron chi connectivity index (χ4n) is 1.14. The molecule has 0 aromatic carbocycles. The van der Waals surface area contributed by atoms with Crippen LogP contribution in [0, 0.1) is 0 Å². The Morgan fingerprint density at radius 1 is 1.29 bits per heavy atom. The van der Waals surface area contributed by atoms with Crippen LogP contribution < -0.4 is 5.14 Å². The summed E-state index contributed by atoms with van der Waals surface area (Å²) in [6.07, 6.45) is -8.26. The smallest absolute Gasteiger partial charge is 0.243 e. The molecule has 0 fully saturated rings. The molecule has 2 N–H and O–H groups in total. The number of primary sulfonamides is 1. The van der Waals surface area contributed by atoms with E-state index in [1.807, 2.05) is 0 Å². The summed E-state index contributed by atoms with van der Waals surface area (Å²) in [5.74, 6) is 0. The molecule has 96 valence electrons. The zero-order valence-corrected chi connectivity index (χ0v) is 8.69. The summed E-state index contributed by atoms with van der Waals surface area (Å²) in [7, 11) is -4.84. The molecule has 0 saturated carbocycles. The molecule has 10 heteroatoms. The summed E-state index contributed by atoms with van der Waals surface area (Å²) in [5, 5.41) is 2.88. The second kappa shape index (κ2) is 4.18. The molecule has 0 bridgehead atoms. The molecule has 0 aliphatic carbocycles. The minimum Gasteiger partial charge on any atom is -0.243 e. The maximum absolute atomic E-state index is 12.5. The maximum atomic E-state index is 12.5. The summed E-state index contributed by atoms with van der Waals surface area (Å²) in [6, 6.07) is 0.391. The third kappa shape index (κ3) is 2.88. The number of halogens is 5. The minimum atomic E-state index is -5.29. The van der Waals surface area contributed by atoms with Gasteiger partial charge in [0.25, 0.3) is 16.4 Å². The van der Waals surface area contributed by atoms with E-state index in [-0.39, 0.29) is 0 Å². The Morgan fingerprint density at radius 3 is 2.18 bits per heavy atom. The predicted octanol–water partition coefficient (Wildman–Crippen LogP) is 1.69. The van der Waals surface area contributed by atoms with E-state index in [0.717, 1.165) is 0 Å². The van der Waals surface area contributed by atoms with Gasteiger partial charge in [-0.3, -0.25) is 0 Å². The number of pyridine rings is 1. The van der Waals surface area contributed by atoms with Crippen LogP contribution in [0.2, 0.25) is 0 Å². The van der Waals surface area contributed by atoms with Crippen molar-refractivity contribution in [2.45, 2.75) is 17.6 Å². The summed E-state index contributed by atoms with van der Waals surface area (Å²) < 4.78 is 83.9. The first kappa shape index (κ1) is 13.8. The Hall–Kier alpha value is -1.29. The van der Waals surface area contributed by atoms with Gasteiger partial charge in [0.15, 0.2) is 5.03 Å². The molecule has 1 rings (SSSR count). The Kier molecular flexibility index (Phi) is 3.39. The van der Waals surface area contributed by atoms with E-state index >= 15 is 0 Å². The lowest BCUT2D eigenvalue weighted by atomic mass is 10.1. The molecule has 0 amide bonds. The van der Waals surface area contributed by atoms with E-state index in [9.17, 15) is 30.4 Å². The highest BCUT2D eigenvalue weighted by atomic mass is 32.2. The highest BCUT2D eigenvalue weighted by molar-refractivity contribution is 7.89. The molecule has 1 aromatic rings. The van der Waals surface area contributed by atoms with Crippen LogP contribution >= 0.6 is 0 Å². The van der Waals surface area contributed by atoms with E-state index in [2.05, 4.69) is 10.1 Å². The van der Waals surface area contributed by atoms with Crippen LogP contribution in [-0.2, 0) is 16.2 Å². The van der Waals surface area contributed by atoms with Crippen molar-refractivity contribution in [1.82, 2.24) is 4.98 Å². The van der Waals surface area contributed by atoms with E-state index < -0.39 is 38.8 Å². The van der Waals surface area contributed by atoms with E-state index in [4.69, 9.17) is 0 Å². The Labute approximate surface area is 92.3 Å². The molecule has 4 nitrogen and oxygen atoms in total. The number of alkyl halides is 5. The summed E-state index contributed by atoms with van der Waals surface area (Å²) in [5.41, 5.74) is -3.51. The van der Waals surface area contributed by atoms with Gasteiger partial charge in [-0.1, -0.05) is 0 Å². The SMILES string of the molecule is NS(=O)(=O)c1nccc(C(F)F)c1C(F)(F)F. The van der Waals surface area contributed by atoms with E-state index in [0.29, 0.717) is 12.3 Å². The quantitative estimate of drug-likeness (QED) is 0.835. The molecule has 0 aliphatic heterocycles. The standard InChI is InChI=1S/C7H5F5N2O2S/c8-5(9)3-1-2-14-6(17(13,15)16)4(3)7(10,11)12/h1-2,5H,(H2,13,15,16). The van der Waals surface area contributed by atoms with E-state index in [1.54, 1.807) is 0 Å². The molecule has 1 heterocycles. The number of aromatic nitrogens is 1. The van der Waals surface area contributed by atoms with Crippen molar-refractivity contribution in [3.05, 3.63) is 23.4 Å². The number of hydrogen-bond donors (Lipinski definition) is 1. The molecule has 17 heavy (non-hydrogen) atoms. The molecule has 0 spiro atoms. The van der Waals surface area contributed by atoms with Crippen molar-refractivity contribution in [2.24, 2.45) is 5.14 Å². The number of sulfonamides is 1. The van der Waals surface area contributed by atoms with Gasteiger partial charge in [0, 0.05) is 11.8 Å². The van der Waals surface area contributed by atoms with Crippen molar-refractivity contribution in [1.29, 1.82) is 0 Å². The van der Waals surface area contributed by atoms with Gasteiger partial charge in [0.2, 0.25) is 0 Å². The summed E-state index contributed by atoms with van der Waals surface area (Å²) >= 11 is 0. The molecule has 0 radical (unpaired) electrons. The topological polar surface area (TPSA) is 73.1 Å². The second-order valence-electron chi connectivity index (χ2n) is 2.92. The zero-order valence-electron chi connectivity index (χ0n) is 7.87. The van der Waals surface area contributed by atoms with Crippen LogP contribution in [0.4, 0.5) is 22.0 Å². The highest BCUT2D eigenvalue weighted by Gasteiger charge is 2.41. The van der Waals surface area contributed by atoms with Crippen LogP contribution in [0.25, 0.3) is 0 Å². The third-order valence-electron chi connectivity index (χ3n) is 1.74. The third-order valence-corrected chi connectivity index (χ3v) is 2.59. The molecular weight excluding hydrogens is 271 g/mol. The largest absolute Gasteiger partial charge is 0.419 e. The van der Waals surface area contributed by atoms with Gasteiger partial charge >= 0.3 is 6.18 Å². The van der Waals surface area contributed by atoms with Crippen molar-refractivity contribution in [2.75, 3.05) is 0 Å². The number of rotatable bonds is 2. The first-order chi connectivity index (χ1) is 7.55. The van der Waals surface area contributed by atoms with Crippen LogP contribution in [0.15, 0.2) is 17.3 Å². The van der Waals surface area contributed by atoms with Gasteiger partial charge < -0.3 is 0 Å². The lowest BCUT2D eigenvalue weighted by molar-refractivity contribution is -0.142. The van der Waals surface area contributed by atoms with Crippen molar-refractivity contribution in [3.8, 4) is 0 Å². The Bertz CT molecular complexity index is 526. The summed E-state index contributed by atoms with van der Waals surface area (Å²) in [6.45, 7) is 0. The highest BCUT2D eigenvalue weighted by Crippen LogP contribution is 2.38. The first-order valence-corrected chi connectivity index (χ1v) is 5.47. The zero-order chi connectivity index (χ0) is 13.4. The van der Waals surface area contributed by atoms with Crippen LogP contribution in [0.1, 0.15) is 17.6 Å². The first-order valence-electron chi connectivity index (χ1n) is 3.92. The average Bonchev–Trinajstić information content (AvgIpc) is 2.13. The monoisotopic (exact) mass is 276 g/mol. The fraction of sp³-hybridized carbons (Fsp3) is 0.286. The molecule has 0 unspecified atom stereocenters. The summed E-state index contributed by atoms with van der Waals surface area (Å²) in [4.78, 5) is 2.89. The fourth-order valence-corrected chi connectivity index (χ4v) is 1.86. The molecule has 0 aliphatic rings. The van der Waals surface area contributed by atoms with Gasteiger partial charge in [-0.05, 0) is 6.07 Å². The van der Waals surface area contributed by atoms with Gasteiger partial charge in [-0.25, -0.2) is 27.3 Å². The van der Waals surface area contributed by atoms with Gasteiger partial charge in [0.05, 0.1) is 0 Å².